The van der Waals surface area contributed by atoms with Crippen LogP contribution in [0, 0.1) is 5.82 Å². The lowest BCUT2D eigenvalue weighted by molar-refractivity contribution is 0.102. The summed E-state index contributed by atoms with van der Waals surface area (Å²) >= 11 is 0. The third-order valence-corrected chi connectivity index (χ3v) is 4.02. The zero-order valence-electron chi connectivity index (χ0n) is 13.9. The first-order chi connectivity index (χ1) is 12.7. The molecule has 1 aliphatic carbocycles. The first-order valence-electron chi connectivity index (χ1n) is 8.45. The highest BCUT2D eigenvalue weighted by atomic mass is 19.1. The van der Waals surface area contributed by atoms with E-state index >= 15 is 0 Å². The van der Waals surface area contributed by atoms with E-state index in [-0.39, 0.29) is 17.4 Å². The van der Waals surface area contributed by atoms with Crippen LogP contribution in [0.15, 0.2) is 60.7 Å². The zero-order valence-corrected chi connectivity index (χ0v) is 13.9. The van der Waals surface area contributed by atoms with Crippen molar-refractivity contribution in [2.24, 2.45) is 0 Å². The smallest absolute Gasteiger partial charge is 0.274 e. The lowest BCUT2D eigenvalue weighted by Crippen LogP contribution is -2.16. The van der Waals surface area contributed by atoms with E-state index in [4.69, 9.17) is 0 Å². The van der Waals surface area contributed by atoms with E-state index in [1.807, 2.05) is 30.3 Å². The van der Waals surface area contributed by atoms with E-state index in [1.54, 1.807) is 6.07 Å². The van der Waals surface area contributed by atoms with E-state index in [0.29, 0.717) is 23.4 Å². The molecule has 26 heavy (non-hydrogen) atoms. The summed E-state index contributed by atoms with van der Waals surface area (Å²) in [5.41, 5.74) is 1.60. The molecule has 0 spiro atoms. The van der Waals surface area contributed by atoms with Gasteiger partial charge in [0.15, 0.2) is 5.82 Å². The van der Waals surface area contributed by atoms with Crippen molar-refractivity contribution < 1.29 is 9.18 Å². The molecule has 5 nitrogen and oxygen atoms in total. The van der Waals surface area contributed by atoms with Crippen molar-refractivity contribution in [2.75, 3.05) is 10.6 Å². The molecule has 130 valence electrons. The van der Waals surface area contributed by atoms with E-state index in [0.717, 1.165) is 18.4 Å². The van der Waals surface area contributed by atoms with E-state index < -0.39 is 0 Å². The number of hydrogen-bond acceptors (Lipinski definition) is 4. The summed E-state index contributed by atoms with van der Waals surface area (Å²) in [5.74, 6) is 0.397. The van der Waals surface area contributed by atoms with Crippen molar-refractivity contribution in [1.82, 2.24) is 9.97 Å². The van der Waals surface area contributed by atoms with Crippen LogP contribution < -0.4 is 10.6 Å². The summed E-state index contributed by atoms with van der Waals surface area (Å²) in [7, 11) is 0. The molecule has 1 amide bonds. The molecule has 2 N–H and O–H groups in total. The van der Waals surface area contributed by atoms with Gasteiger partial charge in [-0.15, -0.1) is 0 Å². The third kappa shape index (κ3) is 3.85. The maximum atomic E-state index is 13.0. The highest BCUT2D eigenvalue weighted by Gasteiger charge is 2.22. The normalized spacial score (nSPS) is 13.3. The van der Waals surface area contributed by atoms with Gasteiger partial charge in [0.25, 0.3) is 5.91 Å². The molecule has 0 saturated heterocycles. The average Bonchev–Trinajstić information content (AvgIpc) is 3.48. The van der Waals surface area contributed by atoms with Gasteiger partial charge in [-0.05, 0) is 37.1 Å². The molecular formula is C20H17FN4O. The van der Waals surface area contributed by atoms with Crippen LogP contribution in [0.1, 0.15) is 23.3 Å². The van der Waals surface area contributed by atoms with Crippen molar-refractivity contribution in [3.05, 3.63) is 72.2 Å². The fourth-order valence-electron chi connectivity index (χ4n) is 2.52. The Hall–Kier alpha value is -3.28. The Kier molecular flexibility index (Phi) is 4.31. The number of halogens is 1. The molecule has 1 saturated carbocycles. The topological polar surface area (TPSA) is 66.9 Å². The molecule has 1 aliphatic rings. The SMILES string of the molecule is O=C(Nc1ccc(F)cc1)c1cc(NC2CC2)nc(-c2ccccc2)n1. The van der Waals surface area contributed by atoms with Gasteiger partial charge in [-0.25, -0.2) is 14.4 Å². The quantitative estimate of drug-likeness (QED) is 0.728. The Morgan fingerprint density at radius 1 is 1.00 bits per heavy atom. The lowest BCUT2D eigenvalue weighted by Gasteiger charge is -2.10. The number of benzene rings is 2. The number of amides is 1. The minimum atomic E-state index is -0.366. The van der Waals surface area contributed by atoms with Gasteiger partial charge < -0.3 is 10.6 Å². The molecule has 1 aromatic heterocycles. The second-order valence-corrected chi connectivity index (χ2v) is 6.21. The summed E-state index contributed by atoms with van der Waals surface area (Å²) < 4.78 is 13.0. The summed E-state index contributed by atoms with van der Waals surface area (Å²) in [5, 5.41) is 6.05. The first-order valence-corrected chi connectivity index (χ1v) is 8.45. The fraction of sp³-hybridized carbons (Fsp3) is 0.150. The van der Waals surface area contributed by atoms with E-state index in [1.165, 1.54) is 24.3 Å². The number of hydrogen-bond donors (Lipinski definition) is 2. The zero-order chi connectivity index (χ0) is 17.9. The van der Waals surface area contributed by atoms with Gasteiger partial charge in [0.1, 0.15) is 17.3 Å². The Morgan fingerprint density at radius 2 is 1.73 bits per heavy atom. The Labute approximate surface area is 150 Å². The van der Waals surface area contributed by atoms with Crippen molar-refractivity contribution in [3.8, 4) is 11.4 Å². The molecule has 0 atom stereocenters. The Morgan fingerprint density at radius 3 is 2.42 bits per heavy atom. The molecule has 2 aromatic carbocycles. The molecule has 1 heterocycles. The molecule has 6 heteroatoms. The van der Waals surface area contributed by atoms with Gasteiger partial charge in [0.05, 0.1) is 0 Å². The highest BCUT2D eigenvalue weighted by Crippen LogP contribution is 2.25. The van der Waals surface area contributed by atoms with Gasteiger partial charge in [-0.3, -0.25) is 4.79 Å². The van der Waals surface area contributed by atoms with Crippen molar-refractivity contribution in [1.29, 1.82) is 0 Å². The number of carbonyl (C=O) groups is 1. The third-order valence-electron chi connectivity index (χ3n) is 4.02. The van der Waals surface area contributed by atoms with E-state index in [9.17, 15) is 9.18 Å². The number of nitrogens with one attached hydrogen (secondary N) is 2. The van der Waals surface area contributed by atoms with Crippen LogP contribution in [-0.4, -0.2) is 21.9 Å². The van der Waals surface area contributed by atoms with Gasteiger partial charge in [-0.1, -0.05) is 30.3 Å². The number of nitrogens with zero attached hydrogens (tertiary/aromatic N) is 2. The second-order valence-electron chi connectivity index (χ2n) is 6.21. The minimum Gasteiger partial charge on any atom is -0.367 e. The lowest BCUT2D eigenvalue weighted by atomic mass is 10.2. The van der Waals surface area contributed by atoms with Crippen LogP contribution in [0.4, 0.5) is 15.9 Å². The van der Waals surface area contributed by atoms with Crippen LogP contribution in [0.5, 0.6) is 0 Å². The van der Waals surface area contributed by atoms with Gasteiger partial charge in [0, 0.05) is 23.4 Å². The average molecular weight is 348 g/mol. The summed E-state index contributed by atoms with van der Waals surface area (Å²) in [6.07, 6.45) is 2.20. The summed E-state index contributed by atoms with van der Waals surface area (Å²) in [6, 6.07) is 17.2. The molecule has 0 radical (unpaired) electrons. The van der Waals surface area contributed by atoms with Gasteiger partial charge in [-0.2, -0.15) is 0 Å². The second kappa shape index (κ2) is 6.92. The van der Waals surface area contributed by atoms with Crippen LogP contribution in [-0.2, 0) is 0 Å². The predicted molar refractivity (Wildman–Crippen MR) is 98.5 cm³/mol. The molecule has 0 aliphatic heterocycles. The van der Waals surface area contributed by atoms with Crippen molar-refractivity contribution in [2.45, 2.75) is 18.9 Å². The fourth-order valence-corrected chi connectivity index (χ4v) is 2.52. The first kappa shape index (κ1) is 16.2. The van der Waals surface area contributed by atoms with Crippen LogP contribution in [0.2, 0.25) is 0 Å². The number of carbonyl (C=O) groups excluding carboxylic acids is 1. The van der Waals surface area contributed by atoms with Crippen LogP contribution >= 0.6 is 0 Å². The number of aromatic nitrogens is 2. The summed E-state index contributed by atoms with van der Waals surface area (Å²) in [6.45, 7) is 0. The van der Waals surface area contributed by atoms with Crippen LogP contribution in [0.3, 0.4) is 0 Å². The molecule has 4 rings (SSSR count). The van der Waals surface area contributed by atoms with Crippen molar-refractivity contribution >= 4 is 17.4 Å². The molecule has 0 unspecified atom stereocenters. The highest BCUT2D eigenvalue weighted by molar-refractivity contribution is 6.03. The molecular weight excluding hydrogens is 331 g/mol. The number of anilines is 2. The van der Waals surface area contributed by atoms with Gasteiger partial charge >= 0.3 is 0 Å². The molecule has 3 aromatic rings. The number of rotatable bonds is 5. The Balaban J connectivity index is 1.65. The Bertz CT molecular complexity index is 924. The summed E-state index contributed by atoms with van der Waals surface area (Å²) in [4.78, 5) is 21.6. The predicted octanol–water partition coefficient (Wildman–Crippen LogP) is 4.11. The van der Waals surface area contributed by atoms with Crippen LogP contribution in [0.25, 0.3) is 11.4 Å². The standard InChI is InChI=1S/C20H17FN4O/c21-14-6-8-16(9-7-14)23-20(26)17-12-18(22-15-10-11-15)25-19(24-17)13-4-2-1-3-5-13/h1-9,12,15H,10-11H2,(H,23,26)(H,22,24,25). The van der Waals surface area contributed by atoms with Gasteiger partial charge in [0.2, 0.25) is 0 Å². The largest absolute Gasteiger partial charge is 0.367 e. The monoisotopic (exact) mass is 348 g/mol. The van der Waals surface area contributed by atoms with E-state index in [2.05, 4.69) is 20.6 Å². The maximum Gasteiger partial charge on any atom is 0.274 e. The van der Waals surface area contributed by atoms with Crippen molar-refractivity contribution in [3.63, 3.8) is 0 Å². The maximum absolute atomic E-state index is 13.0. The minimum absolute atomic E-state index is 0.256. The molecule has 1 fully saturated rings. The molecule has 0 bridgehead atoms.